The quantitative estimate of drug-likeness (QED) is 0.352. The van der Waals surface area contributed by atoms with Crippen molar-refractivity contribution in [3.63, 3.8) is 0 Å². The van der Waals surface area contributed by atoms with E-state index in [0.29, 0.717) is 13.0 Å². The largest absolute Gasteiger partial charge is 0.409 e. The molecular weight excluding hydrogens is 252 g/mol. The Kier molecular flexibility index (Phi) is 5.57. The summed E-state index contributed by atoms with van der Waals surface area (Å²) in [7, 11) is 1.69. The number of thiazole rings is 1. The van der Waals surface area contributed by atoms with E-state index in [2.05, 4.69) is 10.1 Å². The van der Waals surface area contributed by atoms with Crippen LogP contribution in [0.5, 0.6) is 0 Å². The van der Waals surface area contributed by atoms with E-state index in [4.69, 9.17) is 10.9 Å². The van der Waals surface area contributed by atoms with Crippen LogP contribution >= 0.6 is 11.3 Å². The Balaban J connectivity index is 2.70. The molecule has 1 aromatic rings. The zero-order chi connectivity index (χ0) is 13.5. The van der Waals surface area contributed by atoms with Gasteiger partial charge in [0.25, 0.3) is 0 Å². The van der Waals surface area contributed by atoms with Gasteiger partial charge in [-0.15, -0.1) is 11.3 Å². The summed E-state index contributed by atoms with van der Waals surface area (Å²) in [5.74, 6) is -0.754. The monoisotopic (exact) mass is 270 g/mol. The molecule has 0 saturated heterocycles. The summed E-state index contributed by atoms with van der Waals surface area (Å²) in [6, 6.07) is 0. The zero-order valence-corrected chi connectivity index (χ0v) is 11.4. The van der Waals surface area contributed by atoms with E-state index in [1.165, 1.54) is 11.3 Å². The molecule has 0 aromatic carbocycles. The molecule has 1 unspecified atom stereocenters. The molecule has 0 spiro atoms. The minimum absolute atomic E-state index is 0.0352. The lowest BCUT2D eigenvalue weighted by Gasteiger charge is -2.22. The number of oxime groups is 1. The van der Waals surface area contributed by atoms with Gasteiger partial charge in [0, 0.05) is 12.4 Å². The lowest BCUT2D eigenvalue weighted by atomic mass is 10.0. The van der Waals surface area contributed by atoms with Gasteiger partial charge < -0.3 is 15.8 Å². The lowest BCUT2D eigenvalue weighted by Crippen LogP contribution is -2.39. The highest BCUT2D eigenvalue weighted by atomic mass is 32.1. The highest BCUT2D eigenvalue weighted by molar-refractivity contribution is 7.07. The van der Waals surface area contributed by atoms with Crippen LogP contribution in [0, 0.1) is 5.92 Å². The SMILES string of the molecule is CCCC(C(=O)N(C)Cc1cscn1)C(N)=NO. The number of hydrogen-bond acceptors (Lipinski definition) is 5. The summed E-state index contributed by atoms with van der Waals surface area (Å²) < 4.78 is 0. The molecule has 0 aliphatic rings. The maximum atomic E-state index is 12.2. The second-order valence-electron chi connectivity index (χ2n) is 4.04. The second-order valence-corrected chi connectivity index (χ2v) is 4.76. The van der Waals surface area contributed by atoms with Gasteiger partial charge in [0.05, 0.1) is 23.7 Å². The number of amidine groups is 1. The smallest absolute Gasteiger partial charge is 0.233 e. The average Bonchev–Trinajstić information content (AvgIpc) is 2.87. The predicted octanol–water partition coefficient (Wildman–Crippen LogP) is 1.26. The van der Waals surface area contributed by atoms with Crippen molar-refractivity contribution in [1.82, 2.24) is 9.88 Å². The molecule has 1 aromatic heterocycles. The first-order valence-corrected chi connectivity index (χ1v) is 6.63. The van der Waals surface area contributed by atoms with E-state index in [-0.39, 0.29) is 11.7 Å². The molecule has 0 aliphatic heterocycles. The van der Waals surface area contributed by atoms with E-state index < -0.39 is 5.92 Å². The minimum Gasteiger partial charge on any atom is -0.409 e. The maximum Gasteiger partial charge on any atom is 0.233 e. The van der Waals surface area contributed by atoms with Crippen LogP contribution in [0.15, 0.2) is 16.0 Å². The van der Waals surface area contributed by atoms with Crippen molar-refractivity contribution in [3.8, 4) is 0 Å². The summed E-state index contributed by atoms with van der Waals surface area (Å²) >= 11 is 1.49. The summed E-state index contributed by atoms with van der Waals surface area (Å²) in [6.07, 6.45) is 1.35. The van der Waals surface area contributed by atoms with E-state index in [1.807, 2.05) is 12.3 Å². The molecule has 1 heterocycles. The van der Waals surface area contributed by atoms with Crippen molar-refractivity contribution >= 4 is 23.1 Å². The van der Waals surface area contributed by atoms with Gasteiger partial charge in [-0.05, 0) is 6.42 Å². The summed E-state index contributed by atoms with van der Waals surface area (Å²) in [5, 5.41) is 13.5. The van der Waals surface area contributed by atoms with Gasteiger partial charge in [0.1, 0.15) is 0 Å². The number of rotatable bonds is 6. The molecule has 0 radical (unpaired) electrons. The Morgan fingerprint density at radius 2 is 2.44 bits per heavy atom. The van der Waals surface area contributed by atoms with Gasteiger partial charge in [0.15, 0.2) is 5.84 Å². The van der Waals surface area contributed by atoms with E-state index in [9.17, 15) is 4.79 Å². The molecule has 7 heteroatoms. The normalized spacial score (nSPS) is 13.3. The number of carbonyl (C=O) groups is 1. The Morgan fingerprint density at radius 3 is 2.94 bits per heavy atom. The Hall–Kier alpha value is -1.63. The predicted molar refractivity (Wildman–Crippen MR) is 70.4 cm³/mol. The topological polar surface area (TPSA) is 91.8 Å². The molecule has 6 nitrogen and oxygen atoms in total. The molecule has 0 aliphatic carbocycles. The van der Waals surface area contributed by atoms with Crippen LogP contribution in [0.3, 0.4) is 0 Å². The number of nitrogens with two attached hydrogens (primary N) is 1. The van der Waals surface area contributed by atoms with Crippen molar-refractivity contribution in [2.75, 3.05) is 7.05 Å². The van der Waals surface area contributed by atoms with E-state index in [1.54, 1.807) is 17.5 Å². The highest BCUT2D eigenvalue weighted by Crippen LogP contribution is 2.13. The van der Waals surface area contributed by atoms with Crippen LogP contribution < -0.4 is 5.73 Å². The molecular formula is C11H18N4O2S. The number of nitrogens with zero attached hydrogens (tertiary/aromatic N) is 3. The molecule has 0 fully saturated rings. The zero-order valence-electron chi connectivity index (χ0n) is 10.5. The molecule has 1 amide bonds. The van der Waals surface area contributed by atoms with Crippen LogP contribution in [0.4, 0.5) is 0 Å². The first kappa shape index (κ1) is 14.4. The molecule has 0 saturated carbocycles. The summed E-state index contributed by atoms with van der Waals surface area (Å²) in [6.45, 7) is 2.38. The van der Waals surface area contributed by atoms with Crippen molar-refractivity contribution in [1.29, 1.82) is 0 Å². The van der Waals surface area contributed by atoms with Crippen molar-refractivity contribution in [2.24, 2.45) is 16.8 Å². The third kappa shape index (κ3) is 3.69. The van der Waals surface area contributed by atoms with E-state index in [0.717, 1.165) is 12.1 Å². The Labute approximate surface area is 110 Å². The Morgan fingerprint density at radius 1 is 1.72 bits per heavy atom. The van der Waals surface area contributed by atoms with Crippen molar-refractivity contribution in [2.45, 2.75) is 26.3 Å². The lowest BCUT2D eigenvalue weighted by molar-refractivity contribution is -0.132. The third-order valence-electron chi connectivity index (χ3n) is 2.61. The van der Waals surface area contributed by atoms with Crippen LogP contribution in [0.1, 0.15) is 25.5 Å². The molecule has 0 bridgehead atoms. The fourth-order valence-electron chi connectivity index (χ4n) is 1.66. The molecule has 1 atom stereocenters. The maximum absolute atomic E-state index is 12.2. The number of carbonyl (C=O) groups excluding carboxylic acids is 1. The van der Waals surface area contributed by atoms with Crippen molar-refractivity contribution in [3.05, 3.63) is 16.6 Å². The van der Waals surface area contributed by atoms with Crippen LogP contribution in [-0.4, -0.2) is 33.9 Å². The molecule has 1 rings (SSSR count). The van der Waals surface area contributed by atoms with Crippen LogP contribution in [-0.2, 0) is 11.3 Å². The first-order valence-electron chi connectivity index (χ1n) is 5.69. The molecule has 3 N–H and O–H groups in total. The van der Waals surface area contributed by atoms with Gasteiger partial charge in [-0.2, -0.15) is 0 Å². The van der Waals surface area contributed by atoms with Gasteiger partial charge >= 0.3 is 0 Å². The Bertz CT molecular complexity index is 405. The third-order valence-corrected chi connectivity index (χ3v) is 3.24. The van der Waals surface area contributed by atoms with Gasteiger partial charge in [-0.3, -0.25) is 4.79 Å². The van der Waals surface area contributed by atoms with Crippen LogP contribution in [0.2, 0.25) is 0 Å². The minimum atomic E-state index is -0.566. The molecule has 100 valence electrons. The molecule has 18 heavy (non-hydrogen) atoms. The fourth-order valence-corrected chi connectivity index (χ4v) is 2.21. The summed E-state index contributed by atoms with van der Waals surface area (Å²) in [5.41, 5.74) is 8.12. The standard InChI is InChI=1S/C11H18N4O2S/c1-3-4-9(10(12)14-17)11(16)15(2)5-8-6-18-7-13-8/h6-7,9,17H,3-5H2,1-2H3,(H2,12,14). The number of aromatic nitrogens is 1. The van der Waals surface area contributed by atoms with E-state index >= 15 is 0 Å². The fraction of sp³-hybridized carbons (Fsp3) is 0.545. The number of hydrogen-bond donors (Lipinski definition) is 2. The van der Waals surface area contributed by atoms with Gasteiger partial charge in [-0.25, -0.2) is 4.98 Å². The van der Waals surface area contributed by atoms with Crippen LogP contribution in [0.25, 0.3) is 0 Å². The first-order chi connectivity index (χ1) is 8.60. The van der Waals surface area contributed by atoms with Gasteiger partial charge in [-0.1, -0.05) is 18.5 Å². The van der Waals surface area contributed by atoms with Gasteiger partial charge in [0.2, 0.25) is 5.91 Å². The summed E-state index contributed by atoms with van der Waals surface area (Å²) in [4.78, 5) is 17.9. The average molecular weight is 270 g/mol. The number of amides is 1. The second kappa shape index (κ2) is 6.95. The van der Waals surface area contributed by atoms with Crippen molar-refractivity contribution < 1.29 is 10.0 Å². The highest BCUT2D eigenvalue weighted by Gasteiger charge is 2.25.